The molecule has 1 saturated carbocycles. The van der Waals surface area contributed by atoms with Gasteiger partial charge in [0.2, 0.25) is 5.91 Å². The summed E-state index contributed by atoms with van der Waals surface area (Å²) in [6.07, 6.45) is 4.00. The summed E-state index contributed by atoms with van der Waals surface area (Å²) in [5.74, 6) is 0.231. The van der Waals surface area contributed by atoms with Crippen LogP contribution in [-0.4, -0.2) is 41.8 Å². The van der Waals surface area contributed by atoms with Crippen molar-refractivity contribution in [3.8, 4) is 0 Å². The van der Waals surface area contributed by atoms with Crippen LogP contribution >= 0.6 is 0 Å². The van der Waals surface area contributed by atoms with Gasteiger partial charge in [0.15, 0.2) is 5.78 Å². The molecule has 4 atom stereocenters. The standard InChI is InChI=1S/C20H22N2O2/c1-3-13-11-21-9-8-20-15-6-4-5-7-16(15)22(12(2)23)19(20)18(24)14(13)10-17(20)21/h3-7,14,17,19H,8-11H2,1-2H3/b13-3-/t14-,17-,19-,20?/m0/s1. The zero-order valence-electron chi connectivity index (χ0n) is 14.2. The van der Waals surface area contributed by atoms with Crippen LogP contribution in [0.2, 0.25) is 0 Å². The van der Waals surface area contributed by atoms with Crippen LogP contribution < -0.4 is 4.90 Å². The van der Waals surface area contributed by atoms with Crippen molar-refractivity contribution in [2.75, 3.05) is 18.0 Å². The molecular formula is C20H22N2O2. The Labute approximate surface area is 142 Å². The van der Waals surface area contributed by atoms with E-state index in [4.69, 9.17) is 0 Å². The van der Waals surface area contributed by atoms with Gasteiger partial charge in [-0.3, -0.25) is 14.5 Å². The van der Waals surface area contributed by atoms with E-state index in [0.29, 0.717) is 6.04 Å². The zero-order chi connectivity index (χ0) is 16.6. The van der Waals surface area contributed by atoms with Crippen molar-refractivity contribution in [2.45, 2.75) is 44.2 Å². The number of para-hydroxylation sites is 1. The van der Waals surface area contributed by atoms with Gasteiger partial charge in [0, 0.05) is 36.5 Å². The first-order valence-corrected chi connectivity index (χ1v) is 8.91. The van der Waals surface area contributed by atoms with Crippen molar-refractivity contribution >= 4 is 17.4 Å². The number of rotatable bonds is 0. The maximum Gasteiger partial charge on any atom is 0.224 e. The number of piperidine rings is 1. The Hall–Kier alpha value is -1.94. The molecule has 24 heavy (non-hydrogen) atoms. The molecule has 1 spiro atoms. The van der Waals surface area contributed by atoms with Crippen molar-refractivity contribution in [2.24, 2.45) is 5.92 Å². The van der Waals surface area contributed by atoms with E-state index in [1.54, 1.807) is 11.8 Å². The highest BCUT2D eigenvalue weighted by atomic mass is 16.2. The highest BCUT2D eigenvalue weighted by molar-refractivity contribution is 6.07. The van der Waals surface area contributed by atoms with Gasteiger partial charge in [-0.25, -0.2) is 0 Å². The van der Waals surface area contributed by atoms with E-state index >= 15 is 0 Å². The number of allylic oxidation sites excluding steroid dienone is 1. The van der Waals surface area contributed by atoms with Crippen LogP contribution in [0, 0.1) is 5.92 Å². The SMILES string of the molecule is C/C=C1/CN2CCC34c5ccccc5N(C(C)=O)[C@H]3C(=O)[C@H]1C[C@H]24. The summed E-state index contributed by atoms with van der Waals surface area (Å²) in [6, 6.07) is 8.24. The molecule has 2 saturated heterocycles. The fourth-order valence-corrected chi connectivity index (χ4v) is 5.99. The summed E-state index contributed by atoms with van der Waals surface area (Å²) in [4.78, 5) is 30.3. The third-order valence-corrected chi connectivity index (χ3v) is 6.87. The van der Waals surface area contributed by atoms with Gasteiger partial charge < -0.3 is 4.90 Å². The lowest BCUT2D eigenvalue weighted by molar-refractivity contribution is -0.132. The number of carbonyl (C=O) groups excluding carboxylic acids is 2. The third kappa shape index (κ3) is 1.44. The summed E-state index contributed by atoms with van der Waals surface area (Å²) in [5.41, 5.74) is 3.22. The fraction of sp³-hybridized carbons (Fsp3) is 0.500. The lowest BCUT2D eigenvalue weighted by Gasteiger charge is -2.51. The van der Waals surface area contributed by atoms with E-state index in [2.05, 4.69) is 17.0 Å². The number of amides is 1. The smallest absolute Gasteiger partial charge is 0.224 e. The normalized spacial score (nSPS) is 38.4. The number of Topliss-reactive ketones (excluding diaryl/α,β-unsaturated/α-hetero) is 1. The number of benzene rings is 1. The Morgan fingerprint density at radius 1 is 1.33 bits per heavy atom. The minimum atomic E-state index is -0.323. The van der Waals surface area contributed by atoms with Crippen molar-refractivity contribution in [1.82, 2.24) is 4.90 Å². The van der Waals surface area contributed by atoms with Crippen molar-refractivity contribution < 1.29 is 9.59 Å². The molecule has 0 aromatic heterocycles. The molecule has 3 heterocycles. The molecule has 5 rings (SSSR count). The molecule has 3 fully saturated rings. The van der Waals surface area contributed by atoms with Crippen molar-refractivity contribution in [3.63, 3.8) is 0 Å². The number of hydrogen-bond acceptors (Lipinski definition) is 3. The minimum Gasteiger partial charge on any atom is -0.301 e. The first-order chi connectivity index (χ1) is 11.6. The molecule has 1 aliphatic carbocycles. The van der Waals surface area contributed by atoms with Crippen LogP contribution in [0.3, 0.4) is 0 Å². The molecule has 4 heteroatoms. The molecule has 1 amide bonds. The van der Waals surface area contributed by atoms with Gasteiger partial charge in [0.05, 0.1) is 0 Å². The Balaban J connectivity index is 1.78. The number of anilines is 1. The van der Waals surface area contributed by atoms with E-state index < -0.39 is 0 Å². The van der Waals surface area contributed by atoms with Crippen molar-refractivity contribution in [1.29, 1.82) is 0 Å². The van der Waals surface area contributed by atoms with E-state index in [1.165, 1.54) is 11.1 Å². The second kappa shape index (κ2) is 4.57. The molecule has 2 bridgehead atoms. The number of hydrogen-bond donors (Lipinski definition) is 0. The topological polar surface area (TPSA) is 40.6 Å². The third-order valence-electron chi connectivity index (χ3n) is 6.87. The maximum absolute atomic E-state index is 13.5. The molecule has 1 unspecified atom stereocenters. The Morgan fingerprint density at radius 3 is 2.88 bits per heavy atom. The van der Waals surface area contributed by atoms with Crippen LogP contribution in [0.1, 0.15) is 32.3 Å². The predicted molar refractivity (Wildman–Crippen MR) is 91.9 cm³/mol. The maximum atomic E-state index is 13.5. The average Bonchev–Trinajstić information content (AvgIpc) is 3.12. The number of nitrogens with zero attached hydrogens (tertiary/aromatic N) is 2. The van der Waals surface area contributed by atoms with Gasteiger partial charge in [-0.2, -0.15) is 0 Å². The van der Waals surface area contributed by atoms with Crippen LogP contribution in [0.4, 0.5) is 5.69 Å². The Morgan fingerprint density at radius 2 is 2.12 bits per heavy atom. The van der Waals surface area contributed by atoms with Crippen molar-refractivity contribution in [3.05, 3.63) is 41.5 Å². The summed E-state index contributed by atoms with van der Waals surface area (Å²) < 4.78 is 0. The second-order valence-corrected chi connectivity index (χ2v) is 7.64. The highest BCUT2D eigenvalue weighted by Crippen LogP contribution is 2.60. The summed E-state index contributed by atoms with van der Waals surface area (Å²) in [7, 11) is 0. The quantitative estimate of drug-likeness (QED) is 0.688. The van der Waals surface area contributed by atoms with Gasteiger partial charge in [-0.15, -0.1) is 0 Å². The first kappa shape index (κ1) is 14.4. The highest BCUT2D eigenvalue weighted by Gasteiger charge is 2.67. The van der Waals surface area contributed by atoms with Crippen LogP contribution in [0.25, 0.3) is 0 Å². The molecule has 0 radical (unpaired) electrons. The molecule has 0 N–H and O–H groups in total. The second-order valence-electron chi connectivity index (χ2n) is 7.64. The molecule has 4 aliphatic rings. The molecule has 4 nitrogen and oxygen atoms in total. The molecule has 1 aromatic carbocycles. The average molecular weight is 322 g/mol. The van der Waals surface area contributed by atoms with Crippen LogP contribution in [0.5, 0.6) is 0 Å². The predicted octanol–water partition coefficient (Wildman–Crippen LogP) is 2.28. The van der Waals surface area contributed by atoms with E-state index in [-0.39, 0.29) is 29.1 Å². The van der Waals surface area contributed by atoms with Gasteiger partial charge >= 0.3 is 0 Å². The summed E-state index contributed by atoms with van der Waals surface area (Å²) in [6.45, 7) is 5.55. The molecule has 124 valence electrons. The molecule has 1 aromatic rings. The zero-order valence-corrected chi connectivity index (χ0v) is 14.2. The first-order valence-electron chi connectivity index (χ1n) is 8.91. The monoisotopic (exact) mass is 322 g/mol. The van der Waals surface area contributed by atoms with Gasteiger partial charge in [-0.05, 0) is 43.5 Å². The number of ketones is 1. The van der Waals surface area contributed by atoms with Crippen LogP contribution in [-0.2, 0) is 15.0 Å². The Kier molecular flexibility index (Phi) is 2.74. The number of carbonyl (C=O) groups is 2. The fourth-order valence-electron chi connectivity index (χ4n) is 5.99. The van der Waals surface area contributed by atoms with E-state index in [1.807, 2.05) is 25.1 Å². The van der Waals surface area contributed by atoms with E-state index in [0.717, 1.165) is 31.6 Å². The summed E-state index contributed by atoms with van der Waals surface area (Å²) in [5, 5.41) is 0. The molecule has 3 aliphatic heterocycles. The summed E-state index contributed by atoms with van der Waals surface area (Å²) >= 11 is 0. The Bertz CT molecular complexity index is 799. The molecular weight excluding hydrogens is 300 g/mol. The number of fused-ring (bicyclic) bond motifs is 2. The largest absolute Gasteiger partial charge is 0.301 e. The van der Waals surface area contributed by atoms with Crippen LogP contribution in [0.15, 0.2) is 35.9 Å². The van der Waals surface area contributed by atoms with Gasteiger partial charge in [0.25, 0.3) is 0 Å². The lowest BCUT2D eigenvalue weighted by Crippen LogP contribution is -2.65. The van der Waals surface area contributed by atoms with E-state index in [9.17, 15) is 9.59 Å². The minimum absolute atomic E-state index is 0.0105. The lowest BCUT2D eigenvalue weighted by atomic mass is 9.59. The van der Waals surface area contributed by atoms with Gasteiger partial charge in [-0.1, -0.05) is 24.3 Å². The van der Waals surface area contributed by atoms with Gasteiger partial charge in [0.1, 0.15) is 6.04 Å².